The minimum absolute atomic E-state index is 0.131. The fourth-order valence-electron chi connectivity index (χ4n) is 2.90. The summed E-state index contributed by atoms with van der Waals surface area (Å²) in [6.45, 7) is 6.95. The number of nitrogens with one attached hydrogen (secondary N) is 1. The van der Waals surface area contributed by atoms with Crippen molar-refractivity contribution < 1.29 is 0 Å². The number of hydrazine groups is 1. The normalized spacial score (nSPS) is 22.7. The van der Waals surface area contributed by atoms with Crippen molar-refractivity contribution >= 4 is 0 Å². The Kier molecular flexibility index (Phi) is 5.97. The summed E-state index contributed by atoms with van der Waals surface area (Å²) in [5, 5.41) is 0. The average molecular weight is 237 g/mol. The summed E-state index contributed by atoms with van der Waals surface area (Å²) in [5.41, 5.74) is 3.12. The molecule has 17 heavy (non-hydrogen) atoms. The second kappa shape index (κ2) is 7.00. The SMILES string of the molecule is C#CCCC(NN)C(C)(CC)N1CCCCC1. The van der Waals surface area contributed by atoms with Crippen molar-refractivity contribution in [1.82, 2.24) is 10.3 Å². The molecule has 2 atom stereocenters. The van der Waals surface area contributed by atoms with Gasteiger partial charge < -0.3 is 0 Å². The molecule has 98 valence electrons. The second-order valence-corrected chi connectivity index (χ2v) is 5.22. The summed E-state index contributed by atoms with van der Waals surface area (Å²) >= 11 is 0. The van der Waals surface area contributed by atoms with Gasteiger partial charge in [-0.25, -0.2) is 0 Å². The summed E-state index contributed by atoms with van der Waals surface area (Å²) in [7, 11) is 0. The largest absolute Gasteiger partial charge is 0.296 e. The molecule has 1 heterocycles. The predicted octanol–water partition coefficient (Wildman–Crippen LogP) is 1.89. The van der Waals surface area contributed by atoms with E-state index in [-0.39, 0.29) is 11.6 Å². The Labute approximate surface area is 106 Å². The third-order valence-corrected chi connectivity index (χ3v) is 4.32. The number of hydrogen-bond acceptors (Lipinski definition) is 3. The molecule has 0 radical (unpaired) electrons. The van der Waals surface area contributed by atoms with Crippen LogP contribution in [0.25, 0.3) is 0 Å². The van der Waals surface area contributed by atoms with Crippen LogP contribution < -0.4 is 11.3 Å². The summed E-state index contributed by atoms with van der Waals surface area (Å²) in [5.74, 6) is 8.45. The highest BCUT2D eigenvalue weighted by molar-refractivity contribution is 4.98. The third-order valence-electron chi connectivity index (χ3n) is 4.32. The van der Waals surface area contributed by atoms with Crippen LogP contribution in [0.1, 0.15) is 52.4 Å². The average Bonchev–Trinajstić information content (AvgIpc) is 2.40. The lowest BCUT2D eigenvalue weighted by atomic mass is 9.83. The standard InChI is InChI=1S/C14H27N3/c1-4-6-10-13(16-15)14(3,5-2)17-11-8-7-9-12-17/h1,13,16H,5-12,15H2,2-3H3. The van der Waals surface area contributed by atoms with Crippen molar-refractivity contribution in [3.05, 3.63) is 0 Å². The number of piperidine rings is 1. The first-order valence-electron chi connectivity index (χ1n) is 6.83. The lowest BCUT2D eigenvalue weighted by molar-refractivity contribution is 0.0407. The molecular weight excluding hydrogens is 210 g/mol. The van der Waals surface area contributed by atoms with E-state index in [1.807, 2.05) is 0 Å². The van der Waals surface area contributed by atoms with Gasteiger partial charge in [-0.2, -0.15) is 0 Å². The number of nitrogens with two attached hydrogens (primary N) is 1. The molecule has 1 aliphatic heterocycles. The highest BCUT2D eigenvalue weighted by Gasteiger charge is 2.37. The molecule has 1 saturated heterocycles. The Morgan fingerprint density at radius 3 is 2.53 bits per heavy atom. The highest BCUT2D eigenvalue weighted by Crippen LogP contribution is 2.29. The molecule has 0 amide bonds. The van der Waals surface area contributed by atoms with E-state index in [4.69, 9.17) is 12.3 Å². The molecule has 0 bridgehead atoms. The Morgan fingerprint density at radius 2 is 2.06 bits per heavy atom. The van der Waals surface area contributed by atoms with Gasteiger partial charge in [0.25, 0.3) is 0 Å². The van der Waals surface area contributed by atoms with Crippen LogP contribution >= 0.6 is 0 Å². The van der Waals surface area contributed by atoms with Gasteiger partial charge in [-0.05, 0) is 45.7 Å². The molecule has 3 N–H and O–H groups in total. The molecule has 0 aromatic rings. The summed E-state index contributed by atoms with van der Waals surface area (Å²) in [6.07, 6.45) is 12.2. The van der Waals surface area contributed by atoms with Gasteiger partial charge in [0.05, 0.1) is 0 Å². The van der Waals surface area contributed by atoms with Gasteiger partial charge in [0.2, 0.25) is 0 Å². The minimum atomic E-state index is 0.131. The van der Waals surface area contributed by atoms with Crippen molar-refractivity contribution in [3.8, 4) is 12.3 Å². The van der Waals surface area contributed by atoms with E-state index in [1.165, 1.54) is 32.4 Å². The van der Waals surface area contributed by atoms with E-state index in [2.05, 4.69) is 30.1 Å². The van der Waals surface area contributed by atoms with E-state index in [9.17, 15) is 0 Å². The van der Waals surface area contributed by atoms with E-state index in [0.29, 0.717) is 0 Å². The molecule has 0 aliphatic carbocycles. The van der Waals surface area contributed by atoms with Crippen molar-refractivity contribution in [2.45, 2.75) is 64.0 Å². The molecule has 3 nitrogen and oxygen atoms in total. The van der Waals surface area contributed by atoms with Crippen LogP contribution in [0.4, 0.5) is 0 Å². The number of hydrogen-bond donors (Lipinski definition) is 2. The molecule has 3 heteroatoms. The van der Waals surface area contributed by atoms with E-state index in [1.54, 1.807) is 0 Å². The first kappa shape index (κ1) is 14.5. The maximum Gasteiger partial charge on any atom is 0.0401 e. The Bertz CT molecular complexity index is 253. The molecule has 1 aliphatic rings. The van der Waals surface area contributed by atoms with Gasteiger partial charge in [-0.15, -0.1) is 12.3 Å². The van der Waals surface area contributed by atoms with Gasteiger partial charge in [0, 0.05) is 18.0 Å². The molecule has 0 spiro atoms. The zero-order chi connectivity index (χ0) is 12.7. The quantitative estimate of drug-likeness (QED) is 0.421. The molecule has 0 saturated carbocycles. The third kappa shape index (κ3) is 3.45. The van der Waals surface area contributed by atoms with Crippen molar-refractivity contribution in [1.29, 1.82) is 0 Å². The van der Waals surface area contributed by atoms with Crippen LogP contribution in [0, 0.1) is 12.3 Å². The zero-order valence-electron chi connectivity index (χ0n) is 11.3. The Morgan fingerprint density at radius 1 is 1.41 bits per heavy atom. The number of likely N-dealkylation sites (tertiary alicyclic amines) is 1. The molecule has 0 aromatic carbocycles. The van der Waals surface area contributed by atoms with Crippen LogP contribution in [0.15, 0.2) is 0 Å². The number of terminal acetylenes is 1. The van der Waals surface area contributed by atoms with Crippen LogP contribution in [-0.4, -0.2) is 29.6 Å². The van der Waals surface area contributed by atoms with Crippen molar-refractivity contribution in [2.24, 2.45) is 5.84 Å². The highest BCUT2D eigenvalue weighted by atomic mass is 15.3. The smallest absolute Gasteiger partial charge is 0.0401 e. The fraction of sp³-hybridized carbons (Fsp3) is 0.857. The molecule has 1 rings (SSSR count). The summed E-state index contributed by atoms with van der Waals surface area (Å²) < 4.78 is 0. The second-order valence-electron chi connectivity index (χ2n) is 5.22. The maximum absolute atomic E-state index is 5.74. The van der Waals surface area contributed by atoms with Gasteiger partial charge in [-0.1, -0.05) is 13.3 Å². The maximum atomic E-state index is 5.74. The van der Waals surface area contributed by atoms with Gasteiger partial charge in [-0.3, -0.25) is 16.2 Å². The Hall–Kier alpha value is -0.560. The molecule has 2 unspecified atom stereocenters. The zero-order valence-corrected chi connectivity index (χ0v) is 11.3. The minimum Gasteiger partial charge on any atom is -0.296 e. The first-order chi connectivity index (χ1) is 8.19. The van der Waals surface area contributed by atoms with Crippen molar-refractivity contribution in [3.63, 3.8) is 0 Å². The summed E-state index contributed by atoms with van der Waals surface area (Å²) in [6, 6.07) is 0.279. The molecular formula is C14H27N3. The Balaban J connectivity index is 2.72. The topological polar surface area (TPSA) is 41.3 Å². The molecule has 1 fully saturated rings. The van der Waals surface area contributed by atoms with E-state index >= 15 is 0 Å². The van der Waals surface area contributed by atoms with Gasteiger partial charge >= 0.3 is 0 Å². The fourth-order valence-corrected chi connectivity index (χ4v) is 2.90. The number of nitrogens with zero attached hydrogens (tertiary/aromatic N) is 1. The monoisotopic (exact) mass is 237 g/mol. The summed E-state index contributed by atoms with van der Waals surface area (Å²) in [4.78, 5) is 2.59. The van der Waals surface area contributed by atoms with Crippen molar-refractivity contribution in [2.75, 3.05) is 13.1 Å². The van der Waals surface area contributed by atoms with Crippen LogP contribution in [-0.2, 0) is 0 Å². The van der Waals surface area contributed by atoms with Crippen LogP contribution in [0.2, 0.25) is 0 Å². The van der Waals surface area contributed by atoms with Crippen LogP contribution in [0.5, 0.6) is 0 Å². The number of rotatable bonds is 6. The lowest BCUT2D eigenvalue weighted by Crippen LogP contribution is -2.61. The predicted molar refractivity (Wildman–Crippen MR) is 73.3 cm³/mol. The first-order valence-corrected chi connectivity index (χ1v) is 6.83. The van der Waals surface area contributed by atoms with Gasteiger partial charge in [0.1, 0.15) is 0 Å². The van der Waals surface area contributed by atoms with Crippen LogP contribution in [0.3, 0.4) is 0 Å². The lowest BCUT2D eigenvalue weighted by Gasteiger charge is -2.47. The van der Waals surface area contributed by atoms with E-state index in [0.717, 1.165) is 19.3 Å². The van der Waals surface area contributed by atoms with Gasteiger partial charge in [0.15, 0.2) is 0 Å². The molecule has 0 aromatic heterocycles. The van der Waals surface area contributed by atoms with E-state index < -0.39 is 0 Å².